The smallest absolute Gasteiger partial charge is 0.269 e. The molecule has 0 aliphatic rings. The van der Waals surface area contributed by atoms with E-state index in [0.717, 1.165) is 27.4 Å². The van der Waals surface area contributed by atoms with Gasteiger partial charge in [-0.1, -0.05) is 11.6 Å². The molecule has 1 N–H and O–H groups in total. The van der Waals surface area contributed by atoms with Gasteiger partial charge in [-0.2, -0.15) is 4.57 Å². The van der Waals surface area contributed by atoms with Crippen molar-refractivity contribution in [3.63, 3.8) is 0 Å². The Labute approximate surface area is 142 Å². The lowest BCUT2D eigenvalue weighted by molar-refractivity contribution is -0.687. The number of fused-ring (bicyclic) bond motifs is 3. The average Bonchev–Trinajstić information content (AvgIpc) is 2.92. The monoisotopic (exact) mass is 338 g/mol. The molecule has 0 radical (unpaired) electrons. The zero-order valence-electron chi connectivity index (χ0n) is 12.6. The number of pyridine rings is 1. The Morgan fingerprint density at radius 1 is 1.04 bits per heavy atom. The predicted molar refractivity (Wildman–Crippen MR) is 93.2 cm³/mol. The highest BCUT2D eigenvalue weighted by Gasteiger charge is 2.11. The van der Waals surface area contributed by atoms with Crippen LogP contribution in [0.1, 0.15) is 5.56 Å². The summed E-state index contributed by atoms with van der Waals surface area (Å²) in [5.74, 6) is 0. The number of aromatic nitrogens is 2. The topological polar surface area (TPSA) is 62.8 Å². The molecule has 0 spiro atoms. The SMILES string of the molecule is O=[N+]([O-])c1ccc(C[n+]2ccc3c(c2)[nH]c2ccc(Cl)cc23)cc1. The molecule has 4 aromatic rings. The summed E-state index contributed by atoms with van der Waals surface area (Å²) < 4.78 is 2.04. The summed E-state index contributed by atoms with van der Waals surface area (Å²) in [6.07, 6.45) is 4.03. The summed E-state index contributed by atoms with van der Waals surface area (Å²) >= 11 is 6.08. The number of nitro groups is 1. The number of hydrogen-bond acceptors (Lipinski definition) is 2. The highest BCUT2D eigenvalue weighted by Crippen LogP contribution is 2.26. The summed E-state index contributed by atoms with van der Waals surface area (Å²) in [4.78, 5) is 13.7. The van der Waals surface area contributed by atoms with Crippen LogP contribution in [0.25, 0.3) is 21.8 Å². The molecule has 0 unspecified atom stereocenters. The van der Waals surface area contributed by atoms with E-state index in [1.165, 1.54) is 12.1 Å². The molecule has 0 saturated heterocycles. The van der Waals surface area contributed by atoms with Crippen molar-refractivity contribution in [3.05, 3.63) is 81.6 Å². The summed E-state index contributed by atoms with van der Waals surface area (Å²) in [5.41, 5.74) is 3.18. The number of halogens is 1. The van der Waals surface area contributed by atoms with E-state index < -0.39 is 4.92 Å². The van der Waals surface area contributed by atoms with Gasteiger partial charge in [0.1, 0.15) is 5.52 Å². The van der Waals surface area contributed by atoms with Gasteiger partial charge in [0.15, 0.2) is 18.9 Å². The first-order valence-corrected chi connectivity index (χ1v) is 7.81. The number of hydrogen-bond donors (Lipinski definition) is 1. The van der Waals surface area contributed by atoms with E-state index in [1.807, 2.05) is 35.2 Å². The second-order valence-electron chi connectivity index (χ2n) is 5.68. The number of benzene rings is 2. The third-order valence-corrected chi connectivity index (χ3v) is 4.31. The maximum absolute atomic E-state index is 10.7. The molecule has 6 heteroatoms. The Bertz CT molecular complexity index is 1070. The van der Waals surface area contributed by atoms with Gasteiger partial charge in [0.2, 0.25) is 0 Å². The quantitative estimate of drug-likeness (QED) is 0.345. The number of nitrogens with one attached hydrogen (secondary N) is 1. The van der Waals surface area contributed by atoms with Crippen molar-refractivity contribution in [1.29, 1.82) is 0 Å². The van der Waals surface area contributed by atoms with Crippen LogP contribution in [0.2, 0.25) is 5.02 Å². The fourth-order valence-corrected chi connectivity index (χ4v) is 3.07. The Morgan fingerprint density at radius 3 is 2.58 bits per heavy atom. The van der Waals surface area contributed by atoms with Crippen LogP contribution < -0.4 is 4.57 Å². The first-order chi connectivity index (χ1) is 11.6. The fourth-order valence-electron chi connectivity index (χ4n) is 2.90. The van der Waals surface area contributed by atoms with Gasteiger partial charge in [0.05, 0.1) is 4.92 Å². The van der Waals surface area contributed by atoms with E-state index in [-0.39, 0.29) is 5.69 Å². The second-order valence-corrected chi connectivity index (χ2v) is 6.12. The molecule has 0 bridgehead atoms. The average molecular weight is 339 g/mol. The molecule has 0 aliphatic heterocycles. The van der Waals surface area contributed by atoms with Crippen molar-refractivity contribution in [2.24, 2.45) is 0 Å². The van der Waals surface area contributed by atoms with Crippen LogP contribution >= 0.6 is 11.6 Å². The summed E-state index contributed by atoms with van der Waals surface area (Å²) in [6, 6.07) is 14.5. The van der Waals surface area contributed by atoms with Crippen molar-refractivity contribution in [2.75, 3.05) is 0 Å². The molecule has 0 atom stereocenters. The van der Waals surface area contributed by atoms with Crippen LogP contribution in [0, 0.1) is 10.1 Å². The molecule has 5 nitrogen and oxygen atoms in total. The molecule has 2 heterocycles. The largest absolute Gasteiger partial charge is 0.350 e. The second kappa shape index (κ2) is 5.62. The molecule has 0 fully saturated rings. The lowest BCUT2D eigenvalue weighted by atomic mass is 10.2. The summed E-state index contributed by atoms with van der Waals surface area (Å²) in [7, 11) is 0. The Morgan fingerprint density at radius 2 is 1.83 bits per heavy atom. The van der Waals surface area contributed by atoms with Crippen LogP contribution in [0.5, 0.6) is 0 Å². The maximum Gasteiger partial charge on any atom is 0.269 e. The molecule has 2 aromatic carbocycles. The van der Waals surface area contributed by atoms with E-state index >= 15 is 0 Å². The number of nitrogens with zero attached hydrogens (tertiary/aromatic N) is 2. The molecule has 118 valence electrons. The number of non-ortho nitro benzene ring substituents is 1. The first-order valence-electron chi connectivity index (χ1n) is 7.43. The Hall–Kier alpha value is -2.92. The lowest BCUT2D eigenvalue weighted by Gasteiger charge is -1.98. The van der Waals surface area contributed by atoms with Crippen LogP contribution in [0.15, 0.2) is 60.9 Å². The Balaban J connectivity index is 1.69. The molecule has 0 aliphatic carbocycles. The molecular weight excluding hydrogens is 326 g/mol. The van der Waals surface area contributed by atoms with E-state index in [2.05, 4.69) is 11.1 Å². The van der Waals surface area contributed by atoms with Gasteiger partial charge in [-0.25, -0.2) is 0 Å². The number of nitro benzene ring substituents is 1. The van der Waals surface area contributed by atoms with Crippen molar-refractivity contribution in [3.8, 4) is 0 Å². The minimum absolute atomic E-state index is 0.103. The first kappa shape index (κ1) is 14.7. The molecule has 0 amide bonds. The normalized spacial score (nSPS) is 11.2. The highest BCUT2D eigenvalue weighted by molar-refractivity contribution is 6.31. The molecule has 0 saturated carbocycles. The number of aromatic amines is 1. The van der Waals surface area contributed by atoms with Crippen LogP contribution in [0.4, 0.5) is 5.69 Å². The minimum Gasteiger partial charge on any atom is -0.350 e. The van der Waals surface area contributed by atoms with Gasteiger partial charge < -0.3 is 4.98 Å². The van der Waals surface area contributed by atoms with Crippen LogP contribution in [-0.2, 0) is 6.54 Å². The maximum atomic E-state index is 10.7. The zero-order chi connectivity index (χ0) is 16.7. The van der Waals surface area contributed by atoms with Crippen molar-refractivity contribution in [2.45, 2.75) is 6.54 Å². The van der Waals surface area contributed by atoms with E-state index in [4.69, 9.17) is 11.6 Å². The predicted octanol–water partition coefficient (Wildman–Crippen LogP) is 4.22. The molecule has 4 rings (SSSR count). The van der Waals surface area contributed by atoms with E-state index in [1.54, 1.807) is 12.1 Å². The van der Waals surface area contributed by atoms with Crippen LogP contribution in [-0.4, -0.2) is 9.91 Å². The van der Waals surface area contributed by atoms with Gasteiger partial charge in [-0.15, -0.1) is 0 Å². The van der Waals surface area contributed by atoms with E-state index in [9.17, 15) is 10.1 Å². The molecule has 2 aromatic heterocycles. The van der Waals surface area contributed by atoms with Crippen LogP contribution in [0.3, 0.4) is 0 Å². The third kappa shape index (κ3) is 2.59. The highest BCUT2D eigenvalue weighted by atomic mass is 35.5. The number of rotatable bonds is 3. The Kier molecular flexibility index (Phi) is 3.43. The molecular formula is C18H13ClN3O2+. The zero-order valence-corrected chi connectivity index (χ0v) is 13.3. The number of H-pyrrole nitrogens is 1. The summed E-state index contributed by atoms with van der Waals surface area (Å²) in [6.45, 7) is 0.643. The fraction of sp³-hybridized carbons (Fsp3) is 0.0556. The third-order valence-electron chi connectivity index (χ3n) is 4.07. The standard InChI is InChI=1S/C18H12ClN3O2/c19-13-3-6-17-16(9-13)15-7-8-21(11-18(15)20-17)10-12-1-4-14(5-2-12)22(23)24/h1-9,11H,10H2/p+1. The van der Waals surface area contributed by atoms with Gasteiger partial charge in [0, 0.05) is 45.1 Å². The molecule has 24 heavy (non-hydrogen) atoms. The van der Waals surface area contributed by atoms with Gasteiger partial charge >= 0.3 is 0 Å². The van der Waals surface area contributed by atoms with Gasteiger partial charge in [0.25, 0.3) is 5.69 Å². The van der Waals surface area contributed by atoms with Crippen molar-refractivity contribution < 1.29 is 9.49 Å². The van der Waals surface area contributed by atoms with Gasteiger partial charge in [-0.05, 0) is 30.3 Å². The van der Waals surface area contributed by atoms with Crippen molar-refractivity contribution >= 4 is 39.1 Å². The van der Waals surface area contributed by atoms with E-state index in [0.29, 0.717) is 11.6 Å². The van der Waals surface area contributed by atoms with Gasteiger partial charge in [-0.3, -0.25) is 10.1 Å². The lowest BCUT2D eigenvalue weighted by Crippen LogP contribution is -2.33. The summed E-state index contributed by atoms with van der Waals surface area (Å²) in [5, 5.41) is 13.6. The minimum atomic E-state index is -0.390. The van der Waals surface area contributed by atoms with Crippen molar-refractivity contribution in [1.82, 2.24) is 4.98 Å².